The Hall–Kier alpha value is -3.42. The molecule has 2 aliphatic rings. The van der Waals surface area contributed by atoms with E-state index in [1.54, 1.807) is 28.9 Å². The lowest BCUT2D eigenvalue weighted by Crippen LogP contribution is -2.51. The van der Waals surface area contributed by atoms with Crippen molar-refractivity contribution in [1.29, 1.82) is 0 Å². The number of aromatic nitrogens is 3. The van der Waals surface area contributed by atoms with Gasteiger partial charge in [-0.2, -0.15) is 0 Å². The van der Waals surface area contributed by atoms with Crippen molar-refractivity contribution in [2.75, 3.05) is 16.3 Å². The first kappa shape index (κ1) is 24.3. The molecule has 0 fully saturated rings. The Bertz CT molecular complexity index is 1280. The van der Waals surface area contributed by atoms with Crippen LogP contribution in [-0.4, -0.2) is 39.2 Å². The number of hydrogen-bond acceptors (Lipinski definition) is 5. The molecule has 3 atom stereocenters. The Balaban J connectivity index is 1.60. The molecule has 5 rings (SSSR count). The maximum Gasteiger partial charge on any atom is 0.294 e. The molecule has 2 aromatic heterocycles. The summed E-state index contributed by atoms with van der Waals surface area (Å²) in [6.07, 6.45) is 5.63. The third kappa shape index (κ3) is 3.83. The van der Waals surface area contributed by atoms with Crippen molar-refractivity contribution in [1.82, 2.24) is 14.8 Å². The third-order valence-electron chi connectivity index (χ3n) is 8.08. The molecule has 0 N–H and O–H groups in total. The van der Waals surface area contributed by atoms with Gasteiger partial charge in [0.15, 0.2) is 5.76 Å². The van der Waals surface area contributed by atoms with Gasteiger partial charge in [-0.05, 0) is 62.9 Å². The van der Waals surface area contributed by atoms with Gasteiger partial charge in [-0.3, -0.25) is 9.59 Å². The van der Waals surface area contributed by atoms with Crippen LogP contribution in [0.15, 0.2) is 41.0 Å². The number of amides is 2. The van der Waals surface area contributed by atoms with E-state index in [9.17, 15) is 9.59 Å². The second kappa shape index (κ2) is 9.22. The second-order valence-corrected chi connectivity index (χ2v) is 10.3. The molecule has 8 nitrogen and oxygen atoms in total. The fraction of sp³-hybridized carbons (Fsp3) is 0.500. The molecular weight excluding hydrogens is 454 g/mol. The predicted octanol–water partition coefficient (Wildman–Crippen LogP) is 5.22. The average molecular weight is 490 g/mol. The smallest absolute Gasteiger partial charge is 0.294 e. The van der Waals surface area contributed by atoms with Crippen molar-refractivity contribution in [3.8, 4) is 0 Å². The predicted molar refractivity (Wildman–Crippen MR) is 138 cm³/mol. The fourth-order valence-corrected chi connectivity index (χ4v) is 6.34. The van der Waals surface area contributed by atoms with Crippen molar-refractivity contribution in [2.45, 2.75) is 84.2 Å². The lowest BCUT2D eigenvalue weighted by molar-refractivity contribution is -0.117. The molecule has 0 radical (unpaired) electrons. The molecule has 0 saturated carbocycles. The van der Waals surface area contributed by atoms with Crippen LogP contribution in [0.4, 0.5) is 11.4 Å². The Labute approximate surface area is 212 Å². The largest absolute Gasteiger partial charge is 0.459 e. The second-order valence-electron chi connectivity index (χ2n) is 10.3. The first-order chi connectivity index (χ1) is 17.3. The van der Waals surface area contributed by atoms with Gasteiger partial charge < -0.3 is 18.8 Å². The van der Waals surface area contributed by atoms with Crippen LogP contribution in [-0.2, 0) is 16.8 Å². The Morgan fingerprint density at radius 1 is 1.14 bits per heavy atom. The van der Waals surface area contributed by atoms with Gasteiger partial charge in [-0.25, -0.2) is 0 Å². The van der Waals surface area contributed by atoms with Gasteiger partial charge >= 0.3 is 0 Å². The Kier molecular flexibility index (Phi) is 6.22. The van der Waals surface area contributed by atoms with Gasteiger partial charge in [0, 0.05) is 31.3 Å². The van der Waals surface area contributed by atoms with Gasteiger partial charge in [0.1, 0.15) is 11.6 Å². The maximum absolute atomic E-state index is 13.4. The highest BCUT2D eigenvalue weighted by molar-refractivity contribution is 6.09. The monoisotopic (exact) mass is 489 g/mol. The number of anilines is 2. The van der Waals surface area contributed by atoms with E-state index >= 15 is 0 Å². The van der Waals surface area contributed by atoms with Crippen LogP contribution in [0.3, 0.4) is 0 Å². The number of rotatable bonds is 5. The molecule has 2 amide bonds. The lowest BCUT2D eigenvalue weighted by Gasteiger charge is -2.42. The number of carbonyl (C=O) groups is 2. The van der Waals surface area contributed by atoms with E-state index < -0.39 is 0 Å². The highest BCUT2D eigenvalue weighted by atomic mass is 16.3. The quantitative estimate of drug-likeness (QED) is 0.491. The Morgan fingerprint density at radius 2 is 1.94 bits per heavy atom. The molecule has 0 saturated heterocycles. The zero-order chi connectivity index (χ0) is 25.6. The zero-order valence-corrected chi connectivity index (χ0v) is 21.8. The van der Waals surface area contributed by atoms with Crippen LogP contribution < -0.4 is 9.80 Å². The molecule has 0 bridgehead atoms. The minimum Gasteiger partial charge on any atom is -0.459 e. The van der Waals surface area contributed by atoms with E-state index in [0.29, 0.717) is 12.3 Å². The molecule has 0 spiro atoms. The van der Waals surface area contributed by atoms with Crippen LogP contribution in [0.5, 0.6) is 0 Å². The van der Waals surface area contributed by atoms with Gasteiger partial charge in [0.2, 0.25) is 5.91 Å². The van der Waals surface area contributed by atoms with Crippen molar-refractivity contribution in [3.63, 3.8) is 0 Å². The molecule has 2 aliphatic heterocycles. The summed E-state index contributed by atoms with van der Waals surface area (Å²) in [6, 6.07) is 9.51. The topological polar surface area (TPSA) is 84.5 Å². The van der Waals surface area contributed by atoms with Gasteiger partial charge in [0.05, 0.1) is 23.7 Å². The highest BCUT2D eigenvalue weighted by Gasteiger charge is 2.43. The van der Waals surface area contributed by atoms with E-state index in [0.717, 1.165) is 60.8 Å². The van der Waals surface area contributed by atoms with Crippen molar-refractivity contribution >= 4 is 23.2 Å². The highest BCUT2D eigenvalue weighted by Crippen LogP contribution is 2.47. The van der Waals surface area contributed by atoms with E-state index in [1.165, 1.54) is 6.26 Å². The number of carbonyl (C=O) groups excluding carboxylic acids is 2. The summed E-state index contributed by atoms with van der Waals surface area (Å²) in [7, 11) is 0. The normalized spacial score (nSPS) is 23.4. The van der Waals surface area contributed by atoms with E-state index in [1.807, 2.05) is 19.9 Å². The van der Waals surface area contributed by atoms with Gasteiger partial charge in [-0.1, -0.05) is 26.3 Å². The average Bonchev–Trinajstić information content (AvgIpc) is 3.53. The number of hydrogen-bond donors (Lipinski definition) is 0. The van der Waals surface area contributed by atoms with Crippen molar-refractivity contribution < 1.29 is 14.0 Å². The van der Waals surface area contributed by atoms with Crippen LogP contribution in [0, 0.1) is 6.92 Å². The number of furan rings is 1. The van der Waals surface area contributed by atoms with Crippen LogP contribution >= 0.6 is 0 Å². The molecule has 2 unspecified atom stereocenters. The standard InChI is InChI=1S/C28H35N5O3/c1-6-12-28(7-2)15-22(17-31-19(4)29-30-27(28)31)21-10-11-23-24(14-21)32(16-18(3)33(23)20(5)34)26(35)25-9-8-13-36-25/h8-11,13-14,18,22H,6-7,12,15-17H2,1-5H3/t18-,22?,28?/m0/s1. The number of nitrogens with zero attached hydrogens (tertiary/aromatic N) is 5. The molecule has 1 aromatic carbocycles. The van der Waals surface area contributed by atoms with E-state index in [2.05, 4.69) is 40.7 Å². The molecule has 36 heavy (non-hydrogen) atoms. The summed E-state index contributed by atoms with van der Waals surface area (Å²) < 4.78 is 7.72. The first-order valence-corrected chi connectivity index (χ1v) is 13.0. The lowest BCUT2D eigenvalue weighted by atomic mass is 9.69. The fourth-order valence-electron chi connectivity index (χ4n) is 6.34. The summed E-state index contributed by atoms with van der Waals surface area (Å²) in [5.74, 6) is 2.36. The molecule has 8 heteroatoms. The number of aryl methyl sites for hydroxylation is 1. The summed E-state index contributed by atoms with van der Waals surface area (Å²) >= 11 is 0. The van der Waals surface area contributed by atoms with E-state index in [4.69, 9.17) is 4.42 Å². The van der Waals surface area contributed by atoms with Crippen LogP contribution in [0.2, 0.25) is 0 Å². The van der Waals surface area contributed by atoms with Gasteiger partial charge in [-0.15, -0.1) is 10.2 Å². The maximum atomic E-state index is 13.4. The Morgan fingerprint density at radius 3 is 2.61 bits per heavy atom. The molecular formula is C28H35N5O3. The number of fused-ring (bicyclic) bond motifs is 2. The van der Waals surface area contributed by atoms with Crippen molar-refractivity contribution in [3.05, 3.63) is 59.6 Å². The summed E-state index contributed by atoms with van der Waals surface area (Å²) in [5, 5.41) is 9.03. The van der Waals surface area contributed by atoms with Gasteiger partial charge in [0.25, 0.3) is 5.91 Å². The third-order valence-corrected chi connectivity index (χ3v) is 8.08. The van der Waals surface area contributed by atoms with Crippen molar-refractivity contribution in [2.24, 2.45) is 0 Å². The SMILES string of the molecule is CCCC1(CC)CC(c2ccc3c(c2)N(C(=O)c2ccco2)C[C@H](C)N3C(C)=O)Cn2c(C)nnc21. The van der Waals surface area contributed by atoms with Crippen LogP contribution in [0.1, 0.15) is 87.1 Å². The minimum absolute atomic E-state index is 0.0293. The minimum atomic E-state index is -0.192. The van der Waals surface area contributed by atoms with E-state index in [-0.39, 0.29) is 29.2 Å². The number of benzene rings is 1. The first-order valence-electron chi connectivity index (χ1n) is 13.0. The molecule has 190 valence electrons. The summed E-state index contributed by atoms with van der Waals surface area (Å²) in [4.78, 5) is 29.6. The zero-order valence-electron chi connectivity index (χ0n) is 21.8. The molecule has 4 heterocycles. The molecule has 0 aliphatic carbocycles. The summed E-state index contributed by atoms with van der Waals surface area (Å²) in [6.45, 7) is 11.3. The summed E-state index contributed by atoms with van der Waals surface area (Å²) in [5.41, 5.74) is 2.65. The van der Waals surface area contributed by atoms with Crippen LogP contribution in [0.25, 0.3) is 0 Å². The molecule has 3 aromatic rings.